The monoisotopic (exact) mass is 225 g/mol. The molecule has 0 unspecified atom stereocenters. The van der Waals surface area contributed by atoms with Crippen molar-refractivity contribution < 1.29 is 0 Å². The molecule has 0 aliphatic heterocycles. The molecule has 0 heterocycles. The van der Waals surface area contributed by atoms with Gasteiger partial charge in [0.15, 0.2) is 0 Å². The highest BCUT2D eigenvalue weighted by atomic mass is 14.8. The molecular formula is C15H31N. The van der Waals surface area contributed by atoms with Crippen LogP contribution in [0.1, 0.15) is 77.6 Å². The van der Waals surface area contributed by atoms with Gasteiger partial charge in [0, 0.05) is 7.05 Å². The minimum Gasteiger partial charge on any atom is -0.394 e. The van der Waals surface area contributed by atoms with Gasteiger partial charge in [-0.25, -0.2) is 0 Å². The molecule has 0 atom stereocenters. The normalized spacial score (nSPS) is 11.1. The Hall–Kier alpha value is -0.460. The van der Waals surface area contributed by atoms with Crippen LogP contribution >= 0.6 is 0 Å². The molecular weight excluding hydrogens is 194 g/mol. The lowest BCUT2D eigenvalue weighted by Gasteiger charge is -2.01. The molecule has 0 radical (unpaired) electrons. The van der Waals surface area contributed by atoms with Crippen LogP contribution in [0.25, 0.3) is 0 Å². The molecule has 0 fully saturated rings. The Bertz CT molecular complexity index is 140. The average molecular weight is 225 g/mol. The van der Waals surface area contributed by atoms with Gasteiger partial charge in [-0.3, -0.25) is 0 Å². The van der Waals surface area contributed by atoms with Crippen molar-refractivity contribution >= 4 is 0 Å². The second-order valence-electron chi connectivity index (χ2n) is 4.66. The molecule has 0 aromatic rings. The number of hydrogen-bond acceptors (Lipinski definition) is 1. The molecule has 1 nitrogen and oxygen atoms in total. The van der Waals surface area contributed by atoms with E-state index in [0.717, 1.165) is 0 Å². The summed E-state index contributed by atoms with van der Waals surface area (Å²) in [6, 6.07) is 0. The molecule has 0 aliphatic rings. The third-order valence-corrected chi connectivity index (χ3v) is 3.01. The molecule has 0 aromatic carbocycles. The number of unbranched alkanes of at least 4 members (excludes halogenated alkanes) is 10. The number of nitrogens with one attached hydrogen (secondary N) is 1. The van der Waals surface area contributed by atoms with E-state index < -0.39 is 0 Å². The van der Waals surface area contributed by atoms with Crippen molar-refractivity contribution in [3.05, 3.63) is 12.3 Å². The van der Waals surface area contributed by atoms with Crippen LogP contribution in [0.5, 0.6) is 0 Å². The minimum absolute atomic E-state index is 1.23. The lowest BCUT2D eigenvalue weighted by Crippen LogP contribution is -1.90. The van der Waals surface area contributed by atoms with Gasteiger partial charge in [0.25, 0.3) is 0 Å². The molecule has 1 heteroatoms. The molecule has 0 saturated heterocycles. The summed E-state index contributed by atoms with van der Waals surface area (Å²) in [4.78, 5) is 0. The average Bonchev–Trinajstić information content (AvgIpc) is 2.31. The Morgan fingerprint density at radius 3 is 1.75 bits per heavy atom. The SMILES string of the molecule is CCCCCCCCCCCCC=CNC. The van der Waals surface area contributed by atoms with Gasteiger partial charge >= 0.3 is 0 Å². The summed E-state index contributed by atoms with van der Waals surface area (Å²) in [6.07, 6.45) is 19.7. The van der Waals surface area contributed by atoms with Crippen LogP contribution in [0.15, 0.2) is 12.3 Å². The second-order valence-corrected chi connectivity index (χ2v) is 4.66. The maximum absolute atomic E-state index is 3.02. The molecule has 0 amide bonds. The van der Waals surface area contributed by atoms with Gasteiger partial charge in [-0.05, 0) is 19.0 Å². The van der Waals surface area contributed by atoms with E-state index in [1.165, 1.54) is 70.6 Å². The summed E-state index contributed by atoms with van der Waals surface area (Å²) in [5.74, 6) is 0. The Kier molecular flexibility index (Phi) is 14.1. The third kappa shape index (κ3) is 13.5. The Morgan fingerprint density at radius 2 is 1.25 bits per heavy atom. The first-order chi connectivity index (χ1) is 7.91. The topological polar surface area (TPSA) is 12.0 Å². The zero-order valence-electron chi connectivity index (χ0n) is 11.4. The van der Waals surface area contributed by atoms with Crippen molar-refractivity contribution in [2.45, 2.75) is 77.6 Å². The molecule has 0 saturated carbocycles. The highest BCUT2D eigenvalue weighted by Crippen LogP contribution is 2.11. The molecule has 0 aromatic heterocycles. The van der Waals surface area contributed by atoms with Crippen molar-refractivity contribution in [1.29, 1.82) is 0 Å². The zero-order valence-corrected chi connectivity index (χ0v) is 11.4. The minimum atomic E-state index is 1.23. The maximum atomic E-state index is 3.02. The van der Waals surface area contributed by atoms with Crippen LogP contribution in [0.2, 0.25) is 0 Å². The van der Waals surface area contributed by atoms with E-state index in [4.69, 9.17) is 0 Å². The number of allylic oxidation sites excluding steroid dienone is 1. The molecule has 0 spiro atoms. The fraction of sp³-hybridized carbons (Fsp3) is 0.867. The highest BCUT2D eigenvalue weighted by Gasteiger charge is 1.91. The first-order valence-electron chi connectivity index (χ1n) is 7.24. The van der Waals surface area contributed by atoms with Gasteiger partial charge in [-0.15, -0.1) is 0 Å². The van der Waals surface area contributed by atoms with Crippen LogP contribution in [0, 0.1) is 0 Å². The molecule has 0 aliphatic carbocycles. The van der Waals surface area contributed by atoms with Crippen LogP contribution in [0.3, 0.4) is 0 Å². The first kappa shape index (κ1) is 15.5. The van der Waals surface area contributed by atoms with E-state index in [0.29, 0.717) is 0 Å². The summed E-state index contributed by atoms with van der Waals surface area (Å²) in [5, 5.41) is 3.02. The van der Waals surface area contributed by atoms with E-state index in [2.05, 4.69) is 18.3 Å². The van der Waals surface area contributed by atoms with Gasteiger partial charge in [0.2, 0.25) is 0 Å². The lowest BCUT2D eigenvalue weighted by molar-refractivity contribution is 0.557. The van der Waals surface area contributed by atoms with Gasteiger partial charge < -0.3 is 5.32 Å². The molecule has 96 valence electrons. The lowest BCUT2D eigenvalue weighted by atomic mass is 10.1. The highest BCUT2D eigenvalue weighted by molar-refractivity contribution is 4.77. The van der Waals surface area contributed by atoms with Gasteiger partial charge in [-0.1, -0.05) is 70.8 Å². The quantitative estimate of drug-likeness (QED) is 0.459. The summed E-state index contributed by atoms with van der Waals surface area (Å²) in [5.41, 5.74) is 0. The summed E-state index contributed by atoms with van der Waals surface area (Å²) in [7, 11) is 1.95. The van der Waals surface area contributed by atoms with Crippen LogP contribution < -0.4 is 5.32 Å². The maximum Gasteiger partial charge on any atom is 0.00276 e. The van der Waals surface area contributed by atoms with E-state index in [9.17, 15) is 0 Å². The van der Waals surface area contributed by atoms with Crippen molar-refractivity contribution in [2.24, 2.45) is 0 Å². The Morgan fingerprint density at radius 1 is 0.750 bits per heavy atom. The number of rotatable bonds is 12. The fourth-order valence-corrected chi connectivity index (χ4v) is 1.95. The Balaban J connectivity index is 2.90. The third-order valence-electron chi connectivity index (χ3n) is 3.01. The predicted molar refractivity (Wildman–Crippen MR) is 74.7 cm³/mol. The van der Waals surface area contributed by atoms with Crippen molar-refractivity contribution in [3.63, 3.8) is 0 Å². The smallest absolute Gasteiger partial charge is 0.00276 e. The van der Waals surface area contributed by atoms with Gasteiger partial charge in [-0.2, -0.15) is 0 Å². The van der Waals surface area contributed by atoms with Crippen molar-refractivity contribution in [1.82, 2.24) is 5.32 Å². The fourth-order valence-electron chi connectivity index (χ4n) is 1.95. The predicted octanol–water partition coefficient (Wildman–Crippen LogP) is 5.03. The molecule has 1 N–H and O–H groups in total. The largest absolute Gasteiger partial charge is 0.394 e. The molecule has 0 bridgehead atoms. The zero-order chi connectivity index (χ0) is 11.9. The van der Waals surface area contributed by atoms with Crippen LogP contribution in [-0.4, -0.2) is 7.05 Å². The van der Waals surface area contributed by atoms with Gasteiger partial charge in [0.1, 0.15) is 0 Å². The van der Waals surface area contributed by atoms with Crippen molar-refractivity contribution in [2.75, 3.05) is 7.05 Å². The van der Waals surface area contributed by atoms with Crippen LogP contribution in [0.4, 0.5) is 0 Å². The van der Waals surface area contributed by atoms with E-state index in [1.807, 2.05) is 13.2 Å². The molecule has 0 rings (SSSR count). The van der Waals surface area contributed by atoms with E-state index in [1.54, 1.807) is 0 Å². The van der Waals surface area contributed by atoms with Crippen LogP contribution in [-0.2, 0) is 0 Å². The summed E-state index contributed by atoms with van der Waals surface area (Å²) < 4.78 is 0. The summed E-state index contributed by atoms with van der Waals surface area (Å²) >= 11 is 0. The van der Waals surface area contributed by atoms with E-state index in [-0.39, 0.29) is 0 Å². The Labute approximate surface area is 103 Å². The summed E-state index contributed by atoms with van der Waals surface area (Å²) in [6.45, 7) is 2.28. The first-order valence-corrected chi connectivity index (χ1v) is 7.24. The van der Waals surface area contributed by atoms with Gasteiger partial charge in [0.05, 0.1) is 0 Å². The van der Waals surface area contributed by atoms with E-state index >= 15 is 0 Å². The number of hydrogen-bond donors (Lipinski definition) is 1. The second kappa shape index (κ2) is 14.5. The van der Waals surface area contributed by atoms with Crippen molar-refractivity contribution in [3.8, 4) is 0 Å². The molecule has 16 heavy (non-hydrogen) atoms. The standard InChI is InChI=1S/C15H31N/c1-3-4-5-6-7-8-9-10-11-12-13-14-15-16-2/h14-16H,3-13H2,1-2H3.